The number of pyridine rings is 1. The molecule has 0 aliphatic carbocycles. The molecule has 2 heterocycles. The van der Waals surface area contributed by atoms with Crippen molar-refractivity contribution in [1.29, 1.82) is 0 Å². The highest BCUT2D eigenvalue weighted by Gasteiger charge is 2.23. The van der Waals surface area contributed by atoms with Crippen LogP contribution in [0.25, 0.3) is 10.9 Å². The standard InChI is InChI=1S/C14H15N3OS/c15-14(19)13-9-17(7-8-18-13)12-5-6-16-11-4-2-1-3-10(11)12/h1-6,13H,7-9H2,(H2,15,19). The van der Waals surface area contributed by atoms with E-state index < -0.39 is 0 Å². The summed E-state index contributed by atoms with van der Waals surface area (Å²) in [7, 11) is 0. The topological polar surface area (TPSA) is 51.4 Å². The van der Waals surface area contributed by atoms with E-state index in [1.54, 1.807) is 0 Å². The molecule has 2 N–H and O–H groups in total. The van der Waals surface area contributed by atoms with Gasteiger partial charge in [-0.3, -0.25) is 4.98 Å². The number of hydrogen-bond acceptors (Lipinski definition) is 4. The van der Waals surface area contributed by atoms with Crippen molar-refractivity contribution in [3.63, 3.8) is 0 Å². The number of ether oxygens (including phenoxy) is 1. The normalized spacial score (nSPS) is 19.6. The number of benzene rings is 1. The number of anilines is 1. The van der Waals surface area contributed by atoms with Gasteiger partial charge in [-0.15, -0.1) is 0 Å². The molecule has 0 radical (unpaired) electrons. The fourth-order valence-corrected chi connectivity index (χ4v) is 2.54. The van der Waals surface area contributed by atoms with Crippen LogP contribution in [0.15, 0.2) is 36.5 Å². The number of fused-ring (bicyclic) bond motifs is 1. The second-order valence-electron chi connectivity index (χ2n) is 4.56. The van der Waals surface area contributed by atoms with E-state index in [9.17, 15) is 0 Å². The predicted octanol–water partition coefficient (Wildman–Crippen LogP) is 1.73. The molecule has 1 aromatic carbocycles. The molecule has 0 amide bonds. The first-order valence-corrected chi connectivity index (χ1v) is 6.66. The van der Waals surface area contributed by atoms with E-state index in [0.29, 0.717) is 18.1 Å². The van der Waals surface area contributed by atoms with E-state index in [-0.39, 0.29) is 6.10 Å². The average Bonchev–Trinajstić information content (AvgIpc) is 2.47. The third-order valence-corrected chi connectivity index (χ3v) is 3.61. The second kappa shape index (κ2) is 5.11. The summed E-state index contributed by atoms with van der Waals surface area (Å²) >= 11 is 5.03. The van der Waals surface area contributed by atoms with Crippen LogP contribution in [0.5, 0.6) is 0 Å². The molecule has 19 heavy (non-hydrogen) atoms. The summed E-state index contributed by atoms with van der Waals surface area (Å²) in [6.07, 6.45) is 1.67. The lowest BCUT2D eigenvalue weighted by molar-refractivity contribution is 0.0848. The summed E-state index contributed by atoms with van der Waals surface area (Å²) in [6, 6.07) is 10.2. The number of hydrogen-bond donors (Lipinski definition) is 1. The maximum absolute atomic E-state index is 5.69. The smallest absolute Gasteiger partial charge is 0.125 e. The molecule has 0 bridgehead atoms. The molecule has 0 saturated carbocycles. The van der Waals surface area contributed by atoms with E-state index in [4.69, 9.17) is 22.7 Å². The minimum Gasteiger partial charge on any atom is -0.391 e. The second-order valence-corrected chi connectivity index (χ2v) is 5.03. The number of nitrogens with two attached hydrogens (primary N) is 1. The Bertz CT molecular complexity index is 611. The zero-order valence-electron chi connectivity index (χ0n) is 10.5. The van der Waals surface area contributed by atoms with Gasteiger partial charge in [-0.1, -0.05) is 30.4 Å². The molecule has 98 valence electrons. The summed E-state index contributed by atoms with van der Waals surface area (Å²) in [6.45, 7) is 2.18. The highest BCUT2D eigenvalue weighted by molar-refractivity contribution is 7.80. The lowest BCUT2D eigenvalue weighted by Gasteiger charge is -2.34. The molecule has 1 aromatic heterocycles. The minimum atomic E-state index is -0.171. The van der Waals surface area contributed by atoms with E-state index in [0.717, 1.165) is 23.1 Å². The van der Waals surface area contributed by atoms with Crippen molar-refractivity contribution in [1.82, 2.24) is 4.98 Å². The maximum atomic E-state index is 5.69. The SMILES string of the molecule is NC(=S)C1CN(c2ccnc3ccccc23)CCO1. The first-order chi connectivity index (χ1) is 9.25. The van der Waals surface area contributed by atoms with Crippen LogP contribution in [0.2, 0.25) is 0 Å². The fourth-order valence-electron chi connectivity index (χ4n) is 2.40. The van der Waals surface area contributed by atoms with Crippen LogP contribution in [0, 0.1) is 0 Å². The summed E-state index contributed by atoms with van der Waals surface area (Å²) in [4.78, 5) is 7.06. The van der Waals surface area contributed by atoms with Gasteiger partial charge in [0, 0.05) is 23.8 Å². The van der Waals surface area contributed by atoms with Gasteiger partial charge in [-0.2, -0.15) is 0 Å². The number of rotatable bonds is 2. The number of morpholine rings is 1. The Balaban J connectivity index is 1.97. The van der Waals surface area contributed by atoms with Crippen LogP contribution in [0.1, 0.15) is 0 Å². The van der Waals surface area contributed by atoms with E-state index in [2.05, 4.69) is 16.0 Å². The summed E-state index contributed by atoms with van der Waals surface area (Å²) in [5.41, 5.74) is 7.85. The van der Waals surface area contributed by atoms with E-state index >= 15 is 0 Å². The predicted molar refractivity (Wildman–Crippen MR) is 80.5 cm³/mol. The molecule has 1 unspecified atom stereocenters. The summed E-state index contributed by atoms with van der Waals surface area (Å²) < 4.78 is 5.58. The molecule has 2 aromatic rings. The molecule has 3 rings (SSSR count). The molecule has 5 heteroatoms. The molecular formula is C14H15N3OS. The van der Waals surface area contributed by atoms with E-state index in [1.807, 2.05) is 30.5 Å². The largest absolute Gasteiger partial charge is 0.391 e. The van der Waals surface area contributed by atoms with Gasteiger partial charge >= 0.3 is 0 Å². The molecule has 1 aliphatic rings. The van der Waals surface area contributed by atoms with E-state index in [1.165, 1.54) is 0 Å². The summed E-state index contributed by atoms with van der Waals surface area (Å²) in [5, 5.41) is 1.15. The fraction of sp³-hybridized carbons (Fsp3) is 0.286. The average molecular weight is 273 g/mol. The van der Waals surface area contributed by atoms with Crippen LogP contribution in [-0.4, -0.2) is 35.8 Å². The molecular weight excluding hydrogens is 258 g/mol. The van der Waals surface area contributed by atoms with Crippen molar-refractivity contribution in [3.8, 4) is 0 Å². The molecule has 1 saturated heterocycles. The van der Waals surface area contributed by atoms with Gasteiger partial charge in [0.15, 0.2) is 0 Å². The Labute approximate surface area is 117 Å². The molecule has 1 atom stereocenters. The Hall–Kier alpha value is -1.72. The molecule has 0 spiro atoms. The lowest BCUT2D eigenvalue weighted by atomic mass is 10.1. The minimum absolute atomic E-state index is 0.171. The maximum Gasteiger partial charge on any atom is 0.125 e. The van der Waals surface area contributed by atoms with Crippen molar-refractivity contribution < 1.29 is 4.74 Å². The Morgan fingerprint density at radius 1 is 1.37 bits per heavy atom. The third kappa shape index (κ3) is 2.39. The van der Waals surface area contributed by atoms with Gasteiger partial charge in [0.05, 0.1) is 18.7 Å². The zero-order valence-corrected chi connectivity index (χ0v) is 11.3. The highest BCUT2D eigenvalue weighted by Crippen LogP contribution is 2.26. The number of thiocarbonyl (C=S) groups is 1. The van der Waals surface area contributed by atoms with Crippen molar-refractivity contribution in [2.45, 2.75) is 6.10 Å². The third-order valence-electron chi connectivity index (χ3n) is 3.35. The monoisotopic (exact) mass is 273 g/mol. The van der Waals surface area contributed by atoms with Gasteiger partial charge in [0.1, 0.15) is 11.1 Å². The first kappa shape index (κ1) is 12.3. The Kier molecular flexibility index (Phi) is 3.31. The van der Waals surface area contributed by atoms with Crippen LogP contribution in [-0.2, 0) is 4.74 Å². The zero-order chi connectivity index (χ0) is 13.2. The molecule has 4 nitrogen and oxygen atoms in total. The van der Waals surface area contributed by atoms with Crippen LogP contribution in [0.4, 0.5) is 5.69 Å². The van der Waals surface area contributed by atoms with Gasteiger partial charge < -0.3 is 15.4 Å². The number of nitrogens with zero attached hydrogens (tertiary/aromatic N) is 2. The molecule has 1 aliphatic heterocycles. The van der Waals surface area contributed by atoms with Crippen molar-refractivity contribution in [2.24, 2.45) is 5.73 Å². The molecule has 1 fully saturated rings. The van der Waals surface area contributed by atoms with Crippen LogP contribution in [0.3, 0.4) is 0 Å². The van der Waals surface area contributed by atoms with Crippen molar-refractivity contribution >= 4 is 33.8 Å². The Morgan fingerprint density at radius 3 is 3.05 bits per heavy atom. The van der Waals surface area contributed by atoms with Gasteiger partial charge in [0.2, 0.25) is 0 Å². The number of para-hydroxylation sites is 1. The van der Waals surface area contributed by atoms with Crippen LogP contribution < -0.4 is 10.6 Å². The number of aromatic nitrogens is 1. The quantitative estimate of drug-likeness (QED) is 0.844. The van der Waals surface area contributed by atoms with Crippen molar-refractivity contribution in [3.05, 3.63) is 36.5 Å². The van der Waals surface area contributed by atoms with Crippen LogP contribution >= 0.6 is 12.2 Å². The lowest BCUT2D eigenvalue weighted by Crippen LogP contribution is -2.47. The summed E-state index contributed by atoms with van der Waals surface area (Å²) in [5.74, 6) is 0. The van der Waals surface area contributed by atoms with Gasteiger partial charge in [-0.25, -0.2) is 0 Å². The Morgan fingerprint density at radius 2 is 2.21 bits per heavy atom. The van der Waals surface area contributed by atoms with Gasteiger partial charge in [0.25, 0.3) is 0 Å². The highest BCUT2D eigenvalue weighted by atomic mass is 32.1. The van der Waals surface area contributed by atoms with Crippen molar-refractivity contribution in [2.75, 3.05) is 24.6 Å². The first-order valence-electron chi connectivity index (χ1n) is 6.25. The van der Waals surface area contributed by atoms with Gasteiger partial charge in [-0.05, 0) is 12.1 Å².